The molecule has 2 aromatic heterocycles. The molecule has 1 unspecified atom stereocenters. The van der Waals surface area contributed by atoms with Gasteiger partial charge in [0.25, 0.3) is 0 Å². The van der Waals surface area contributed by atoms with Gasteiger partial charge < -0.3 is 24.8 Å². The number of ether oxygens (including phenoxy) is 3. The average molecular weight is 683 g/mol. The number of nitrogens with zero attached hydrogens (tertiary/aromatic N) is 3. The van der Waals surface area contributed by atoms with Crippen LogP contribution < -0.4 is 20.1 Å². The maximum atomic E-state index is 15.2. The number of aromatic nitrogens is 2. The molecule has 13 heteroatoms. The summed E-state index contributed by atoms with van der Waals surface area (Å²) in [5.74, 6) is -1.58. The molecule has 3 heterocycles. The summed E-state index contributed by atoms with van der Waals surface area (Å²) in [6, 6.07) is 10.9. The highest BCUT2D eigenvalue weighted by Gasteiger charge is 2.56. The van der Waals surface area contributed by atoms with Crippen LogP contribution in [0.4, 0.5) is 20.2 Å². The minimum Gasteiger partial charge on any atom is -0.472 e. The Morgan fingerprint density at radius 2 is 1.69 bits per heavy atom. The van der Waals surface area contributed by atoms with Crippen LogP contribution in [0.2, 0.25) is 0 Å². The highest BCUT2D eigenvalue weighted by atomic mass is 79.9. The third kappa shape index (κ3) is 6.90. The second-order valence-electron chi connectivity index (χ2n) is 11.0. The molecule has 45 heavy (non-hydrogen) atoms. The molecular weight excluding hydrogens is 652 g/mol. The first-order valence-corrected chi connectivity index (χ1v) is 15.3. The highest BCUT2D eigenvalue weighted by molar-refractivity contribution is 9.10. The fourth-order valence-corrected chi connectivity index (χ4v) is 5.59. The Labute approximate surface area is 266 Å². The third-order valence-electron chi connectivity index (χ3n) is 7.72. The van der Waals surface area contributed by atoms with Gasteiger partial charge in [-0.1, -0.05) is 0 Å². The zero-order chi connectivity index (χ0) is 31.6. The summed E-state index contributed by atoms with van der Waals surface area (Å²) in [5.41, 5.74) is -0.197. The van der Waals surface area contributed by atoms with E-state index in [9.17, 15) is 14.0 Å². The number of pyridine rings is 2. The molecule has 1 aliphatic carbocycles. The number of benzene rings is 2. The third-order valence-corrected chi connectivity index (χ3v) is 8.43. The molecule has 1 aliphatic heterocycles. The van der Waals surface area contributed by atoms with Crippen molar-refractivity contribution in [2.75, 3.05) is 43.5 Å². The molecule has 0 radical (unpaired) electrons. The zero-order valence-corrected chi connectivity index (χ0v) is 25.9. The lowest BCUT2D eigenvalue weighted by Crippen LogP contribution is -2.41. The van der Waals surface area contributed by atoms with Crippen molar-refractivity contribution in [2.45, 2.75) is 25.9 Å². The lowest BCUT2D eigenvalue weighted by Gasteiger charge is -2.29. The quantitative estimate of drug-likeness (QED) is 0.198. The Hall–Kier alpha value is -4.20. The Morgan fingerprint density at radius 3 is 2.38 bits per heavy atom. The van der Waals surface area contributed by atoms with E-state index in [1.807, 2.05) is 6.92 Å². The fraction of sp³-hybridized carbons (Fsp3) is 0.312. The van der Waals surface area contributed by atoms with Gasteiger partial charge >= 0.3 is 0 Å². The van der Waals surface area contributed by atoms with Crippen LogP contribution in [0, 0.1) is 17.0 Å². The summed E-state index contributed by atoms with van der Waals surface area (Å²) < 4.78 is 46.4. The van der Waals surface area contributed by atoms with Crippen LogP contribution in [0.5, 0.6) is 17.4 Å². The molecular formula is C32H30BrF2N5O5. The SMILES string of the molecule is CC(CN1CCOCC1)Oc1ncc2c(Oc3ccc(NC(=O)C4(C(=O)Nc5ccc(F)cc5)CC4)cc3F)ccnc2c1Br. The van der Waals surface area contributed by atoms with E-state index < -0.39 is 28.9 Å². The van der Waals surface area contributed by atoms with E-state index in [0.717, 1.165) is 25.7 Å². The molecule has 1 atom stereocenters. The predicted molar refractivity (Wildman–Crippen MR) is 166 cm³/mol. The Bertz CT molecular complexity index is 1730. The Morgan fingerprint density at radius 1 is 1.00 bits per heavy atom. The standard InChI is InChI=1S/C32H30BrF2N5O5/c1-19(18-40-12-14-43-15-13-40)44-29-27(33)28-23(17-37-29)25(8-11-36-28)45-26-7-6-22(16-24(26)35)39-31(42)32(9-10-32)30(41)38-21-4-2-20(34)3-5-21/h2-8,11,16-17,19H,9-10,12-15,18H2,1H3,(H,38,41)(H,39,42). The Balaban J connectivity index is 1.12. The summed E-state index contributed by atoms with van der Waals surface area (Å²) in [7, 11) is 0. The number of hydrogen-bond donors (Lipinski definition) is 2. The summed E-state index contributed by atoms with van der Waals surface area (Å²) in [4.78, 5) is 37.0. The first kappa shape index (κ1) is 30.8. The van der Waals surface area contributed by atoms with Crippen LogP contribution in [-0.4, -0.2) is 65.6 Å². The molecule has 2 aliphatic rings. The van der Waals surface area contributed by atoms with E-state index in [2.05, 4.69) is 41.4 Å². The number of morpholine rings is 1. The van der Waals surface area contributed by atoms with E-state index in [-0.39, 0.29) is 17.5 Å². The molecule has 2 aromatic carbocycles. The first-order chi connectivity index (χ1) is 21.7. The minimum absolute atomic E-state index is 0.0775. The number of anilines is 2. The van der Waals surface area contributed by atoms with Crippen molar-refractivity contribution in [1.29, 1.82) is 0 Å². The minimum atomic E-state index is -1.28. The largest absolute Gasteiger partial charge is 0.472 e. The molecule has 2 amide bonds. The van der Waals surface area contributed by atoms with Crippen LogP contribution in [0.3, 0.4) is 0 Å². The number of fused-ring (bicyclic) bond motifs is 1. The van der Waals surface area contributed by atoms with Gasteiger partial charge in [0.15, 0.2) is 11.6 Å². The summed E-state index contributed by atoms with van der Waals surface area (Å²) in [6.07, 6.45) is 3.66. The number of nitrogens with one attached hydrogen (secondary N) is 2. The summed E-state index contributed by atoms with van der Waals surface area (Å²) >= 11 is 3.56. The second kappa shape index (κ2) is 13.0. The molecule has 1 saturated carbocycles. The van der Waals surface area contributed by atoms with Gasteiger partial charge in [-0.3, -0.25) is 19.5 Å². The number of carbonyl (C=O) groups excluding carboxylic acids is 2. The number of halogens is 3. The Kier molecular flexibility index (Phi) is 8.92. The monoisotopic (exact) mass is 681 g/mol. The highest BCUT2D eigenvalue weighted by Crippen LogP contribution is 2.47. The van der Waals surface area contributed by atoms with E-state index in [1.165, 1.54) is 36.4 Å². The number of rotatable bonds is 10. The zero-order valence-electron chi connectivity index (χ0n) is 24.3. The second-order valence-corrected chi connectivity index (χ2v) is 11.8. The maximum absolute atomic E-state index is 15.2. The van der Waals surface area contributed by atoms with E-state index in [0.29, 0.717) is 58.7 Å². The van der Waals surface area contributed by atoms with Crippen molar-refractivity contribution in [1.82, 2.24) is 14.9 Å². The lowest BCUT2D eigenvalue weighted by atomic mass is 10.0. The number of carbonyl (C=O) groups is 2. The normalized spacial score (nSPS) is 16.5. The molecule has 0 bridgehead atoms. The number of hydrogen-bond acceptors (Lipinski definition) is 8. The molecule has 234 valence electrons. The molecule has 4 aromatic rings. The van der Waals surface area contributed by atoms with Crippen molar-refractivity contribution >= 4 is 50.0 Å². The molecule has 0 spiro atoms. The molecule has 2 N–H and O–H groups in total. The smallest absolute Gasteiger partial charge is 0.240 e. The van der Waals surface area contributed by atoms with Crippen LogP contribution in [-0.2, 0) is 14.3 Å². The maximum Gasteiger partial charge on any atom is 0.240 e. The molecule has 6 rings (SSSR count). The van der Waals surface area contributed by atoms with Gasteiger partial charge in [0.1, 0.15) is 27.6 Å². The van der Waals surface area contributed by atoms with Gasteiger partial charge in [0, 0.05) is 49.5 Å². The van der Waals surface area contributed by atoms with Crippen molar-refractivity contribution in [3.8, 4) is 17.4 Å². The number of amides is 2. The molecule has 10 nitrogen and oxygen atoms in total. The van der Waals surface area contributed by atoms with Crippen LogP contribution in [0.15, 0.2) is 65.4 Å². The van der Waals surface area contributed by atoms with Crippen molar-refractivity contribution in [2.24, 2.45) is 5.41 Å². The van der Waals surface area contributed by atoms with E-state index >= 15 is 4.39 Å². The fourth-order valence-electron chi connectivity index (χ4n) is 5.08. The predicted octanol–water partition coefficient (Wildman–Crippen LogP) is 5.92. The lowest BCUT2D eigenvalue weighted by molar-refractivity contribution is -0.131. The van der Waals surface area contributed by atoms with Crippen molar-refractivity contribution in [3.05, 3.63) is 77.0 Å². The topological polar surface area (TPSA) is 115 Å². The van der Waals surface area contributed by atoms with Gasteiger partial charge in [-0.25, -0.2) is 13.8 Å². The van der Waals surface area contributed by atoms with Gasteiger partial charge in [0.2, 0.25) is 17.7 Å². The summed E-state index contributed by atoms with van der Waals surface area (Å²) in [5, 5.41) is 5.82. The summed E-state index contributed by atoms with van der Waals surface area (Å²) in [6.45, 7) is 5.81. The first-order valence-electron chi connectivity index (χ1n) is 14.5. The van der Waals surface area contributed by atoms with Crippen LogP contribution >= 0.6 is 15.9 Å². The van der Waals surface area contributed by atoms with Crippen molar-refractivity contribution in [3.63, 3.8) is 0 Å². The van der Waals surface area contributed by atoms with Gasteiger partial charge in [-0.05, 0) is 78.2 Å². The van der Waals surface area contributed by atoms with Gasteiger partial charge in [-0.2, -0.15) is 0 Å². The molecule has 1 saturated heterocycles. The van der Waals surface area contributed by atoms with Crippen LogP contribution in [0.1, 0.15) is 19.8 Å². The average Bonchev–Trinajstić information content (AvgIpc) is 3.84. The molecule has 2 fully saturated rings. The van der Waals surface area contributed by atoms with Crippen molar-refractivity contribution < 1.29 is 32.6 Å². The van der Waals surface area contributed by atoms with Crippen LogP contribution in [0.25, 0.3) is 10.9 Å². The van der Waals surface area contributed by atoms with Gasteiger partial charge in [-0.15, -0.1) is 0 Å². The van der Waals surface area contributed by atoms with E-state index in [1.54, 1.807) is 18.5 Å². The van der Waals surface area contributed by atoms with E-state index in [4.69, 9.17) is 14.2 Å². The van der Waals surface area contributed by atoms with Gasteiger partial charge in [0.05, 0.1) is 24.1 Å².